The molecule has 1 heterocycles. The van der Waals surface area contributed by atoms with E-state index in [0.29, 0.717) is 18.8 Å². The van der Waals surface area contributed by atoms with Crippen LogP contribution in [0.1, 0.15) is 38.1 Å². The molecule has 0 saturated heterocycles. The highest BCUT2D eigenvalue weighted by Crippen LogP contribution is 2.28. The number of nitrogens with one attached hydrogen (secondary N) is 1. The Balaban J connectivity index is 3.03. The second-order valence-corrected chi connectivity index (χ2v) is 5.02. The number of hydrogen-bond acceptors (Lipinski definition) is 4. The molecule has 0 aliphatic carbocycles. The smallest absolute Gasteiger partial charge is 0.239 e. The Morgan fingerprint density at radius 2 is 1.79 bits per heavy atom. The number of carbonyl (C=O) groups is 1. The number of amides is 1. The van der Waals surface area contributed by atoms with Crippen molar-refractivity contribution < 1.29 is 4.79 Å². The number of hydrogen-bond donors (Lipinski definition) is 2. The van der Waals surface area contributed by atoms with E-state index in [1.165, 1.54) is 0 Å². The average molecular weight is 280 g/mol. The molecule has 3 N–H and O–H groups in total. The van der Waals surface area contributed by atoms with E-state index in [4.69, 9.17) is 18.0 Å². The van der Waals surface area contributed by atoms with Crippen molar-refractivity contribution in [2.45, 2.75) is 40.5 Å². The molecule has 0 aromatic carbocycles. The van der Waals surface area contributed by atoms with E-state index in [0.717, 1.165) is 11.4 Å². The largest absolute Gasteiger partial charge is 0.392 e. The molecule has 104 valence electrons. The Kier molecular flexibility index (Phi) is 4.94. The summed E-state index contributed by atoms with van der Waals surface area (Å²) in [7, 11) is 0. The second kappa shape index (κ2) is 6.06. The molecule has 0 saturated carbocycles. The van der Waals surface area contributed by atoms with Crippen molar-refractivity contribution in [3.63, 3.8) is 0 Å². The van der Waals surface area contributed by atoms with Gasteiger partial charge in [0.2, 0.25) is 11.9 Å². The summed E-state index contributed by atoms with van der Waals surface area (Å²) in [6.45, 7) is 7.49. The predicted molar refractivity (Wildman–Crippen MR) is 79.9 cm³/mol. The van der Waals surface area contributed by atoms with Gasteiger partial charge in [0.05, 0.1) is 10.4 Å². The third-order valence-electron chi connectivity index (χ3n) is 3.32. The normalized spacial score (nSPS) is 11.2. The first kappa shape index (κ1) is 15.5. The van der Waals surface area contributed by atoms with Crippen LogP contribution in [-0.2, 0) is 4.79 Å². The molecule has 0 spiro atoms. The zero-order chi connectivity index (χ0) is 14.6. The first-order valence-electron chi connectivity index (χ1n) is 6.29. The molecular weight excluding hydrogens is 260 g/mol. The molecule has 0 aliphatic rings. The van der Waals surface area contributed by atoms with Gasteiger partial charge in [0.1, 0.15) is 0 Å². The zero-order valence-corrected chi connectivity index (χ0v) is 12.6. The lowest BCUT2D eigenvalue weighted by atomic mass is 9.81. The number of aromatic nitrogens is 2. The molecule has 0 radical (unpaired) electrons. The number of thiocarbonyl (C=S) groups is 1. The summed E-state index contributed by atoms with van der Waals surface area (Å²) >= 11 is 5.05. The van der Waals surface area contributed by atoms with E-state index in [-0.39, 0.29) is 10.9 Å². The fourth-order valence-corrected chi connectivity index (χ4v) is 2.42. The van der Waals surface area contributed by atoms with Crippen LogP contribution in [-0.4, -0.2) is 20.9 Å². The van der Waals surface area contributed by atoms with Gasteiger partial charge >= 0.3 is 0 Å². The summed E-state index contributed by atoms with van der Waals surface area (Å²) in [5.74, 6) is 0.0556. The van der Waals surface area contributed by atoms with Crippen molar-refractivity contribution in [3.05, 3.63) is 17.5 Å². The molecule has 0 fully saturated rings. The van der Waals surface area contributed by atoms with Crippen LogP contribution in [0.3, 0.4) is 0 Å². The molecule has 0 unspecified atom stereocenters. The van der Waals surface area contributed by atoms with Crippen molar-refractivity contribution in [1.82, 2.24) is 9.97 Å². The van der Waals surface area contributed by atoms with E-state index in [9.17, 15) is 4.79 Å². The third-order valence-corrected chi connectivity index (χ3v) is 3.71. The van der Waals surface area contributed by atoms with Gasteiger partial charge in [-0.1, -0.05) is 26.1 Å². The van der Waals surface area contributed by atoms with Gasteiger partial charge in [-0.25, -0.2) is 9.97 Å². The Morgan fingerprint density at radius 3 is 2.16 bits per heavy atom. The predicted octanol–water partition coefficient (Wildman–Crippen LogP) is 2.12. The van der Waals surface area contributed by atoms with E-state index in [1.807, 2.05) is 33.8 Å². The fourth-order valence-electron chi connectivity index (χ4n) is 2.03. The maximum atomic E-state index is 12.4. The maximum Gasteiger partial charge on any atom is 0.239 e. The van der Waals surface area contributed by atoms with Gasteiger partial charge in [0.25, 0.3) is 0 Å². The van der Waals surface area contributed by atoms with E-state index in [2.05, 4.69) is 15.3 Å². The first-order valence-corrected chi connectivity index (χ1v) is 6.70. The molecule has 5 nitrogen and oxygen atoms in total. The van der Waals surface area contributed by atoms with Crippen LogP contribution < -0.4 is 11.1 Å². The molecule has 6 heteroatoms. The van der Waals surface area contributed by atoms with Gasteiger partial charge < -0.3 is 5.73 Å². The van der Waals surface area contributed by atoms with E-state index in [1.54, 1.807) is 0 Å². The Bertz CT molecular complexity index is 477. The lowest BCUT2D eigenvalue weighted by molar-refractivity contribution is -0.122. The van der Waals surface area contributed by atoms with Gasteiger partial charge in [-0.3, -0.25) is 10.1 Å². The highest BCUT2D eigenvalue weighted by atomic mass is 32.1. The minimum atomic E-state index is -0.837. The van der Waals surface area contributed by atoms with Gasteiger partial charge in [0, 0.05) is 11.4 Å². The van der Waals surface area contributed by atoms with Crippen LogP contribution in [0.4, 0.5) is 5.95 Å². The van der Waals surface area contributed by atoms with Crippen LogP contribution >= 0.6 is 12.2 Å². The summed E-state index contributed by atoms with van der Waals surface area (Å²) in [6, 6.07) is 1.84. The number of rotatable bonds is 5. The molecular formula is C13H20N4OS. The van der Waals surface area contributed by atoms with Crippen molar-refractivity contribution in [2.75, 3.05) is 5.32 Å². The first-order chi connectivity index (χ1) is 8.85. The number of carbonyl (C=O) groups excluding carboxylic acids is 1. The number of anilines is 1. The van der Waals surface area contributed by atoms with E-state index >= 15 is 0 Å². The monoisotopic (exact) mass is 280 g/mol. The molecule has 1 rings (SSSR count). The fraction of sp³-hybridized carbons (Fsp3) is 0.538. The average Bonchev–Trinajstić information content (AvgIpc) is 2.29. The van der Waals surface area contributed by atoms with Gasteiger partial charge in [-0.15, -0.1) is 0 Å². The van der Waals surface area contributed by atoms with Crippen LogP contribution in [0.2, 0.25) is 0 Å². The highest BCUT2D eigenvalue weighted by molar-refractivity contribution is 7.80. The molecule has 1 amide bonds. The number of nitrogens with two attached hydrogens (primary N) is 1. The van der Waals surface area contributed by atoms with Crippen LogP contribution in [0.5, 0.6) is 0 Å². The summed E-state index contributed by atoms with van der Waals surface area (Å²) in [4.78, 5) is 21.0. The summed E-state index contributed by atoms with van der Waals surface area (Å²) in [5.41, 5.74) is 6.50. The van der Waals surface area contributed by atoms with Crippen molar-refractivity contribution >= 4 is 29.1 Å². The van der Waals surface area contributed by atoms with Gasteiger partial charge in [-0.2, -0.15) is 0 Å². The molecule has 0 bridgehead atoms. The second-order valence-electron chi connectivity index (χ2n) is 4.58. The van der Waals surface area contributed by atoms with Crippen molar-refractivity contribution in [1.29, 1.82) is 0 Å². The Labute approximate surface area is 119 Å². The number of aryl methyl sites for hydroxylation is 2. The minimum absolute atomic E-state index is 0.208. The summed E-state index contributed by atoms with van der Waals surface area (Å²) in [6.07, 6.45) is 1.10. The summed E-state index contributed by atoms with van der Waals surface area (Å²) in [5, 5.41) is 2.72. The quantitative estimate of drug-likeness (QED) is 0.807. The van der Waals surface area contributed by atoms with Crippen molar-refractivity contribution in [3.8, 4) is 0 Å². The molecule has 0 aliphatic heterocycles. The topological polar surface area (TPSA) is 80.9 Å². The summed E-state index contributed by atoms with van der Waals surface area (Å²) < 4.78 is 0. The van der Waals surface area contributed by atoms with E-state index < -0.39 is 5.41 Å². The minimum Gasteiger partial charge on any atom is -0.392 e. The van der Waals surface area contributed by atoms with Crippen LogP contribution in [0, 0.1) is 19.3 Å². The molecule has 1 aromatic heterocycles. The highest BCUT2D eigenvalue weighted by Gasteiger charge is 2.38. The molecule has 19 heavy (non-hydrogen) atoms. The molecule has 0 atom stereocenters. The molecule has 1 aromatic rings. The van der Waals surface area contributed by atoms with Gasteiger partial charge in [-0.05, 0) is 32.8 Å². The lowest BCUT2D eigenvalue weighted by Crippen LogP contribution is -2.45. The van der Waals surface area contributed by atoms with Gasteiger partial charge in [0.15, 0.2) is 0 Å². The van der Waals surface area contributed by atoms with Crippen LogP contribution in [0.15, 0.2) is 6.07 Å². The maximum absolute atomic E-state index is 12.4. The number of nitrogens with zero attached hydrogens (tertiary/aromatic N) is 2. The SMILES string of the molecule is CCC(CC)(C(=O)Nc1nc(C)cc(C)n1)C(N)=S. The third kappa shape index (κ3) is 3.26. The Morgan fingerprint density at radius 1 is 1.32 bits per heavy atom. The van der Waals surface area contributed by atoms with Crippen LogP contribution in [0.25, 0.3) is 0 Å². The standard InChI is InChI=1S/C13H20N4OS/c1-5-13(6-2,10(14)19)11(18)17-12-15-8(3)7-9(4)16-12/h7H,5-6H2,1-4H3,(H2,14,19)(H,15,16,17,18). The zero-order valence-electron chi connectivity index (χ0n) is 11.8. The lowest BCUT2D eigenvalue weighted by Gasteiger charge is -2.28. The Hall–Kier alpha value is -1.56. The van der Waals surface area contributed by atoms with Crippen molar-refractivity contribution in [2.24, 2.45) is 11.1 Å².